The highest BCUT2D eigenvalue weighted by Gasteiger charge is 2.32. The Hall–Kier alpha value is -2.61. The monoisotopic (exact) mass is 330 g/mol. The molecule has 0 spiro atoms. The molecule has 1 atom stereocenters. The van der Waals surface area contributed by atoms with E-state index in [9.17, 15) is 9.59 Å². The number of carbonyl (C=O) groups is 2. The Morgan fingerprint density at radius 2 is 2.22 bits per heavy atom. The number of para-hydroxylation sites is 1. The van der Waals surface area contributed by atoms with Crippen LogP contribution in [0.4, 0.5) is 11.5 Å². The number of amidine groups is 1. The predicted octanol–water partition coefficient (Wildman–Crippen LogP) is 2.23. The summed E-state index contributed by atoms with van der Waals surface area (Å²) in [5.74, 6) is 0.419. The molecule has 8 heteroatoms. The molecule has 2 N–H and O–H groups in total. The number of thioether (sulfide) groups is 1. The number of amides is 2. The molecule has 1 aromatic carbocycles. The van der Waals surface area contributed by atoms with Crippen molar-refractivity contribution in [1.29, 1.82) is 0 Å². The lowest BCUT2D eigenvalue weighted by Gasteiger charge is -2.04. The Kier molecular flexibility index (Phi) is 4.42. The molecule has 3 rings (SSSR count). The number of benzene rings is 1. The summed E-state index contributed by atoms with van der Waals surface area (Å²) < 4.78 is 4.87. The summed E-state index contributed by atoms with van der Waals surface area (Å²) in [5.41, 5.74) is 0.749. The van der Waals surface area contributed by atoms with Crippen LogP contribution in [-0.4, -0.2) is 27.4 Å². The average Bonchev–Trinajstić information content (AvgIpc) is 3.06. The van der Waals surface area contributed by atoms with Gasteiger partial charge in [0.25, 0.3) is 0 Å². The zero-order chi connectivity index (χ0) is 16.2. The SMILES string of the molecule is Cc1cc(NC(=O)C[C@@H]2SC(=Nc3ccccc3)NC2=O)no1. The summed E-state index contributed by atoms with van der Waals surface area (Å²) in [6.45, 7) is 1.73. The molecule has 1 saturated heterocycles. The van der Waals surface area contributed by atoms with Crippen LogP contribution in [0, 0.1) is 6.92 Å². The second-order valence-corrected chi connectivity index (χ2v) is 6.11. The number of aliphatic imine (C=N–C) groups is 1. The van der Waals surface area contributed by atoms with E-state index < -0.39 is 5.25 Å². The zero-order valence-electron chi connectivity index (χ0n) is 12.3. The third-order valence-electron chi connectivity index (χ3n) is 3.03. The highest BCUT2D eigenvalue weighted by molar-refractivity contribution is 8.15. The first-order valence-corrected chi connectivity index (χ1v) is 7.82. The summed E-state index contributed by atoms with van der Waals surface area (Å²) >= 11 is 1.24. The smallest absolute Gasteiger partial charge is 0.240 e. The minimum atomic E-state index is -0.509. The van der Waals surface area contributed by atoms with Crippen LogP contribution in [0.15, 0.2) is 45.9 Å². The molecule has 0 bridgehead atoms. The van der Waals surface area contributed by atoms with Crippen molar-refractivity contribution in [3.63, 3.8) is 0 Å². The molecule has 7 nitrogen and oxygen atoms in total. The fourth-order valence-corrected chi connectivity index (χ4v) is 2.99. The normalized spacial score (nSPS) is 18.9. The van der Waals surface area contributed by atoms with Gasteiger partial charge in [0, 0.05) is 12.5 Å². The van der Waals surface area contributed by atoms with Crippen molar-refractivity contribution in [1.82, 2.24) is 10.5 Å². The standard InChI is InChI=1S/C15H14N4O3S/c1-9-7-12(19-22-9)17-13(20)8-11-14(21)18-15(23-11)16-10-5-3-2-4-6-10/h2-7,11H,8H2,1H3,(H,16,18,21)(H,17,19,20)/t11-/m0/s1. The number of nitrogens with one attached hydrogen (secondary N) is 2. The van der Waals surface area contributed by atoms with Crippen LogP contribution in [0.3, 0.4) is 0 Å². The third-order valence-corrected chi connectivity index (χ3v) is 4.11. The van der Waals surface area contributed by atoms with Gasteiger partial charge in [-0.05, 0) is 19.1 Å². The van der Waals surface area contributed by atoms with Gasteiger partial charge in [0.2, 0.25) is 11.8 Å². The first-order valence-electron chi connectivity index (χ1n) is 6.94. The topological polar surface area (TPSA) is 96.6 Å². The van der Waals surface area contributed by atoms with Crippen molar-refractivity contribution in [3.8, 4) is 0 Å². The molecule has 2 amide bonds. The number of aryl methyl sites for hydroxylation is 1. The van der Waals surface area contributed by atoms with Crippen molar-refractivity contribution >= 4 is 40.2 Å². The van der Waals surface area contributed by atoms with E-state index in [-0.39, 0.29) is 18.2 Å². The molecule has 1 aliphatic heterocycles. The van der Waals surface area contributed by atoms with Crippen molar-refractivity contribution < 1.29 is 14.1 Å². The highest BCUT2D eigenvalue weighted by Crippen LogP contribution is 2.25. The molecule has 2 heterocycles. The fourth-order valence-electron chi connectivity index (χ4n) is 2.00. The molecule has 2 aromatic rings. The van der Waals surface area contributed by atoms with Gasteiger partial charge in [-0.25, -0.2) is 4.99 Å². The maximum Gasteiger partial charge on any atom is 0.240 e. The van der Waals surface area contributed by atoms with Crippen LogP contribution in [-0.2, 0) is 9.59 Å². The van der Waals surface area contributed by atoms with Crippen LogP contribution < -0.4 is 10.6 Å². The molecule has 1 aromatic heterocycles. The average molecular weight is 330 g/mol. The lowest BCUT2D eigenvalue weighted by Crippen LogP contribution is -2.28. The van der Waals surface area contributed by atoms with Crippen molar-refractivity contribution in [3.05, 3.63) is 42.2 Å². The van der Waals surface area contributed by atoms with Gasteiger partial charge < -0.3 is 15.2 Å². The maximum atomic E-state index is 12.0. The van der Waals surface area contributed by atoms with Gasteiger partial charge in [-0.2, -0.15) is 0 Å². The molecule has 1 fully saturated rings. The molecule has 1 aliphatic rings. The van der Waals surface area contributed by atoms with Crippen molar-refractivity contribution in [2.75, 3.05) is 5.32 Å². The number of carbonyl (C=O) groups excluding carboxylic acids is 2. The Morgan fingerprint density at radius 1 is 1.43 bits per heavy atom. The lowest BCUT2D eigenvalue weighted by atomic mass is 10.2. The molecule has 118 valence electrons. The number of aromatic nitrogens is 1. The van der Waals surface area contributed by atoms with E-state index in [0.717, 1.165) is 5.69 Å². The summed E-state index contributed by atoms with van der Waals surface area (Å²) in [4.78, 5) is 28.2. The summed E-state index contributed by atoms with van der Waals surface area (Å²) in [7, 11) is 0. The summed E-state index contributed by atoms with van der Waals surface area (Å²) in [6.07, 6.45) is 0.0379. The van der Waals surface area contributed by atoms with Crippen molar-refractivity contribution in [2.45, 2.75) is 18.6 Å². The molecular weight excluding hydrogens is 316 g/mol. The van der Waals surface area contributed by atoms with Crippen LogP contribution >= 0.6 is 11.8 Å². The van der Waals surface area contributed by atoms with Crippen LogP contribution in [0.2, 0.25) is 0 Å². The van der Waals surface area contributed by atoms with Gasteiger partial charge in [-0.15, -0.1) is 0 Å². The number of rotatable bonds is 4. The number of nitrogens with zero attached hydrogens (tertiary/aromatic N) is 2. The lowest BCUT2D eigenvalue weighted by molar-refractivity contribution is -0.122. The molecular formula is C15H14N4O3S. The van der Waals surface area contributed by atoms with E-state index in [4.69, 9.17) is 4.52 Å². The van der Waals surface area contributed by atoms with Crippen LogP contribution in [0.1, 0.15) is 12.2 Å². The van der Waals surface area contributed by atoms with Gasteiger partial charge in [-0.1, -0.05) is 35.1 Å². The van der Waals surface area contributed by atoms with E-state index in [0.29, 0.717) is 16.7 Å². The Labute approximate surface area is 136 Å². The van der Waals surface area contributed by atoms with Crippen LogP contribution in [0.25, 0.3) is 0 Å². The summed E-state index contributed by atoms with van der Waals surface area (Å²) in [6, 6.07) is 10.9. The highest BCUT2D eigenvalue weighted by atomic mass is 32.2. The quantitative estimate of drug-likeness (QED) is 0.896. The second-order valence-electron chi connectivity index (χ2n) is 4.92. The molecule has 0 radical (unpaired) electrons. The molecule has 0 aliphatic carbocycles. The Morgan fingerprint density at radius 3 is 2.91 bits per heavy atom. The molecule has 0 unspecified atom stereocenters. The van der Waals surface area contributed by atoms with E-state index in [1.54, 1.807) is 13.0 Å². The minimum Gasteiger partial charge on any atom is -0.360 e. The van der Waals surface area contributed by atoms with E-state index in [2.05, 4.69) is 20.8 Å². The minimum absolute atomic E-state index is 0.0379. The van der Waals surface area contributed by atoms with E-state index in [1.807, 2.05) is 30.3 Å². The van der Waals surface area contributed by atoms with E-state index >= 15 is 0 Å². The first-order chi connectivity index (χ1) is 11.1. The van der Waals surface area contributed by atoms with Crippen LogP contribution in [0.5, 0.6) is 0 Å². The maximum absolute atomic E-state index is 12.0. The number of hydrogen-bond acceptors (Lipinski definition) is 6. The molecule has 23 heavy (non-hydrogen) atoms. The zero-order valence-corrected chi connectivity index (χ0v) is 13.1. The van der Waals surface area contributed by atoms with Gasteiger partial charge in [0.15, 0.2) is 11.0 Å². The Bertz CT molecular complexity index is 757. The van der Waals surface area contributed by atoms with E-state index in [1.165, 1.54) is 11.8 Å². The van der Waals surface area contributed by atoms with Gasteiger partial charge in [0.1, 0.15) is 11.0 Å². The number of hydrogen-bond donors (Lipinski definition) is 2. The van der Waals surface area contributed by atoms with Gasteiger partial charge in [-0.3, -0.25) is 9.59 Å². The Balaban J connectivity index is 1.60. The summed E-state index contributed by atoms with van der Waals surface area (Å²) in [5, 5.41) is 8.95. The molecule has 0 saturated carbocycles. The van der Waals surface area contributed by atoms with Crippen molar-refractivity contribution in [2.24, 2.45) is 4.99 Å². The predicted molar refractivity (Wildman–Crippen MR) is 87.5 cm³/mol. The van der Waals surface area contributed by atoms with Gasteiger partial charge in [0.05, 0.1) is 5.69 Å². The first kappa shape index (κ1) is 15.3. The second kappa shape index (κ2) is 6.66. The number of anilines is 1. The third kappa shape index (κ3) is 3.98. The van der Waals surface area contributed by atoms with Gasteiger partial charge >= 0.3 is 0 Å². The fraction of sp³-hybridized carbons (Fsp3) is 0.200. The largest absolute Gasteiger partial charge is 0.360 e.